The number of ether oxygens (including phenoxy) is 1. The molecular weight excluding hydrogens is 216 g/mol. The van der Waals surface area contributed by atoms with E-state index in [-0.39, 0.29) is 11.9 Å². The van der Waals surface area contributed by atoms with Gasteiger partial charge in [0.15, 0.2) is 0 Å². The Labute approximate surface area is 102 Å². The lowest BCUT2D eigenvalue weighted by Crippen LogP contribution is -2.42. The van der Waals surface area contributed by atoms with Crippen LogP contribution in [-0.2, 0) is 4.79 Å². The number of rotatable bonds is 7. The van der Waals surface area contributed by atoms with Crippen molar-refractivity contribution in [3.63, 3.8) is 0 Å². The van der Waals surface area contributed by atoms with Gasteiger partial charge in [0.2, 0.25) is 5.91 Å². The van der Waals surface area contributed by atoms with Crippen molar-refractivity contribution in [3.05, 3.63) is 29.8 Å². The standard InChI is InChI=1S/C13H20N2O2/c1-3-15-12(13(14)16)7-8-17-11-6-4-5-10(2)9-11/h4-6,9,12,15H,3,7-8H2,1-2H3,(H2,14,16). The third-order valence-electron chi connectivity index (χ3n) is 2.46. The van der Waals surface area contributed by atoms with E-state index >= 15 is 0 Å². The number of likely N-dealkylation sites (N-methyl/N-ethyl adjacent to an activating group) is 1. The van der Waals surface area contributed by atoms with Crippen LogP contribution in [0.1, 0.15) is 18.9 Å². The molecule has 1 unspecified atom stereocenters. The Kier molecular flexibility index (Phi) is 5.49. The smallest absolute Gasteiger partial charge is 0.234 e. The number of hydrogen-bond acceptors (Lipinski definition) is 3. The first kappa shape index (κ1) is 13.5. The van der Waals surface area contributed by atoms with Crippen LogP contribution in [-0.4, -0.2) is 25.1 Å². The molecule has 0 heterocycles. The summed E-state index contributed by atoms with van der Waals surface area (Å²) in [5, 5.41) is 3.03. The molecule has 17 heavy (non-hydrogen) atoms. The first-order valence-electron chi connectivity index (χ1n) is 5.85. The summed E-state index contributed by atoms with van der Waals surface area (Å²) in [5.74, 6) is 0.490. The van der Waals surface area contributed by atoms with Crippen LogP contribution in [0, 0.1) is 6.92 Å². The summed E-state index contributed by atoms with van der Waals surface area (Å²) >= 11 is 0. The van der Waals surface area contributed by atoms with Gasteiger partial charge in [-0.3, -0.25) is 4.79 Å². The molecule has 1 aromatic carbocycles. The minimum Gasteiger partial charge on any atom is -0.494 e. The molecule has 1 aromatic rings. The SMILES string of the molecule is CCNC(CCOc1cccc(C)c1)C(N)=O. The van der Waals surface area contributed by atoms with Gasteiger partial charge in [0.1, 0.15) is 5.75 Å². The van der Waals surface area contributed by atoms with Gasteiger partial charge in [-0.25, -0.2) is 0 Å². The van der Waals surface area contributed by atoms with Gasteiger partial charge >= 0.3 is 0 Å². The second-order valence-corrected chi connectivity index (χ2v) is 3.97. The average Bonchev–Trinajstić information content (AvgIpc) is 2.28. The Balaban J connectivity index is 2.38. The lowest BCUT2D eigenvalue weighted by molar-refractivity contribution is -0.120. The zero-order chi connectivity index (χ0) is 12.7. The lowest BCUT2D eigenvalue weighted by atomic mass is 10.2. The summed E-state index contributed by atoms with van der Waals surface area (Å²) in [5.41, 5.74) is 6.42. The fourth-order valence-electron chi connectivity index (χ4n) is 1.59. The van der Waals surface area contributed by atoms with Crippen LogP contribution in [0.3, 0.4) is 0 Å². The molecule has 1 rings (SSSR count). The van der Waals surface area contributed by atoms with Crippen molar-refractivity contribution in [3.8, 4) is 5.75 Å². The van der Waals surface area contributed by atoms with Crippen molar-refractivity contribution in [1.82, 2.24) is 5.32 Å². The zero-order valence-electron chi connectivity index (χ0n) is 10.4. The number of amides is 1. The van der Waals surface area contributed by atoms with Gasteiger partial charge in [-0.15, -0.1) is 0 Å². The van der Waals surface area contributed by atoms with Crippen LogP contribution < -0.4 is 15.8 Å². The van der Waals surface area contributed by atoms with Crippen LogP contribution in [0.2, 0.25) is 0 Å². The highest BCUT2D eigenvalue weighted by atomic mass is 16.5. The fourth-order valence-corrected chi connectivity index (χ4v) is 1.59. The third-order valence-corrected chi connectivity index (χ3v) is 2.46. The molecule has 3 N–H and O–H groups in total. The average molecular weight is 236 g/mol. The molecule has 0 spiro atoms. The Hall–Kier alpha value is -1.55. The molecule has 0 aliphatic carbocycles. The van der Waals surface area contributed by atoms with Gasteiger partial charge in [0, 0.05) is 6.42 Å². The molecule has 0 fully saturated rings. The normalized spacial score (nSPS) is 12.1. The van der Waals surface area contributed by atoms with Gasteiger partial charge in [-0.1, -0.05) is 19.1 Å². The van der Waals surface area contributed by atoms with E-state index in [0.717, 1.165) is 17.9 Å². The maximum absolute atomic E-state index is 11.1. The monoisotopic (exact) mass is 236 g/mol. The minimum absolute atomic E-state index is 0.315. The highest BCUT2D eigenvalue weighted by Crippen LogP contribution is 2.12. The second kappa shape index (κ2) is 6.91. The molecule has 0 aromatic heterocycles. The second-order valence-electron chi connectivity index (χ2n) is 3.97. The predicted molar refractivity (Wildman–Crippen MR) is 68.0 cm³/mol. The molecule has 0 bridgehead atoms. The number of hydrogen-bond donors (Lipinski definition) is 2. The number of nitrogens with two attached hydrogens (primary N) is 1. The van der Waals surface area contributed by atoms with E-state index in [4.69, 9.17) is 10.5 Å². The summed E-state index contributed by atoms with van der Waals surface area (Å²) in [6.45, 7) is 5.15. The number of carbonyl (C=O) groups excluding carboxylic acids is 1. The molecular formula is C13H20N2O2. The molecule has 0 radical (unpaired) electrons. The molecule has 1 atom stereocenters. The van der Waals surface area contributed by atoms with Crippen LogP contribution >= 0.6 is 0 Å². The van der Waals surface area contributed by atoms with E-state index < -0.39 is 0 Å². The van der Waals surface area contributed by atoms with Crippen molar-refractivity contribution in [2.75, 3.05) is 13.2 Å². The molecule has 1 amide bonds. The molecule has 4 nitrogen and oxygen atoms in total. The van der Waals surface area contributed by atoms with E-state index in [1.54, 1.807) is 0 Å². The maximum atomic E-state index is 11.1. The van der Waals surface area contributed by atoms with Gasteiger partial charge in [0.05, 0.1) is 12.6 Å². The van der Waals surface area contributed by atoms with Crippen molar-refractivity contribution in [2.24, 2.45) is 5.73 Å². The number of primary amides is 1. The summed E-state index contributed by atoms with van der Waals surface area (Å²) in [6.07, 6.45) is 0.580. The van der Waals surface area contributed by atoms with Crippen LogP contribution in [0.4, 0.5) is 0 Å². The summed E-state index contributed by atoms with van der Waals surface area (Å²) in [4.78, 5) is 11.1. The van der Waals surface area contributed by atoms with E-state index in [1.165, 1.54) is 0 Å². The maximum Gasteiger partial charge on any atom is 0.234 e. The zero-order valence-corrected chi connectivity index (χ0v) is 10.4. The van der Waals surface area contributed by atoms with E-state index in [2.05, 4.69) is 5.32 Å². The van der Waals surface area contributed by atoms with Crippen molar-refractivity contribution < 1.29 is 9.53 Å². The van der Waals surface area contributed by atoms with E-state index in [9.17, 15) is 4.79 Å². The Morgan fingerprint density at radius 2 is 2.29 bits per heavy atom. The molecule has 0 saturated carbocycles. The van der Waals surface area contributed by atoms with Gasteiger partial charge < -0.3 is 15.8 Å². The first-order chi connectivity index (χ1) is 8.13. The Bertz CT molecular complexity index is 366. The lowest BCUT2D eigenvalue weighted by Gasteiger charge is -2.14. The molecule has 4 heteroatoms. The quantitative estimate of drug-likeness (QED) is 0.748. The molecule has 94 valence electrons. The summed E-state index contributed by atoms with van der Waals surface area (Å²) in [6, 6.07) is 7.51. The van der Waals surface area contributed by atoms with Crippen molar-refractivity contribution >= 4 is 5.91 Å². The topological polar surface area (TPSA) is 64.3 Å². The highest BCUT2D eigenvalue weighted by Gasteiger charge is 2.13. The van der Waals surface area contributed by atoms with Gasteiger partial charge in [-0.2, -0.15) is 0 Å². The number of nitrogens with one attached hydrogen (secondary N) is 1. The largest absolute Gasteiger partial charge is 0.494 e. The van der Waals surface area contributed by atoms with Gasteiger partial charge in [0.25, 0.3) is 0 Å². The predicted octanol–water partition coefficient (Wildman–Crippen LogP) is 1.23. The van der Waals surface area contributed by atoms with E-state index in [1.807, 2.05) is 38.1 Å². The minimum atomic E-state index is -0.334. The Morgan fingerprint density at radius 1 is 1.53 bits per heavy atom. The molecule has 0 aliphatic heterocycles. The number of aryl methyl sites for hydroxylation is 1. The molecule has 0 saturated heterocycles. The fraction of sp³-hybridized carbons (Fsp3) is 0.462. The van der Waals surface area contributed by atoms with E-state index in [0.29, 0.717) is 13.0 Å². The Morgan fingerprint density at radius 3 is 2.88 bits per heavy atom. The van der Waals surface area contributed by atoms with Crippen LogP contribution in [0.5, 0.6) is 5.75 Å². The highest BCUT2D eigenvalue weighted by molar-refractivity contribution is 5.79. The van der Waals surface area contributed by atoms with Gasteiger partial charge in [-0.05, 0) is 31.2 Å². The van der Waals surface area contributed by atoms with Crippen LogP contribution in [0.15, 0.2) is 24.3 Å². The summed E-state index contributed by atoms with van der Waals surface area (Å²) < 4.78 is 5.57. The summed E-state index contributed by atoms with van der Waals surface area (Å²) in [7, 11) is 0. The number of benzene rings is 1. The third kappa shape index (κ3) is 4.87. The van der Waals surface area contributed by atoms with Crippen molar-refractivity contribution in [1.29, 1.82) is 0 Å². The number of carbonyl (C=O) groups is 1. The first-order valence-corrected chi connectivity index (χ1v) is 5.85. The van der Waals surface area contributed by atoms with Crippen molar-refractivity contribution in [2.45, 2.75) is 26.3 Å². The van der Waals surface area contributed by atoms with Crippen LogP contribution in [0.25, 0.3) is 0 Å². The molecule has 0 aliphatic rings.